The third-order valence-corrected chi connectivity index (χ3v) is 4.72. The lowest BCUT2D eigenvalue weighted by Gasteiger charge is -2.34. The maximum Gasteiger partial charge on any atom is 0.256 e. The standard InChI is InChI=1S/C18H25FN2O2/c1-4-18(2,3)17(23)20-13-9-11-21(12-10-13)16(22)14-7-5-6-8-15(14)19/h5-8,13H,4,9-12H2,1-3H3,(H,20,23). The van der Waals surface area contributed by atoms with Gasteiger partial charge in [0.2, 0.25) is 5.91 Å². The SMILES string of the molecule is CCC(C)(C)C(=O)NC1CCN(C(=O)c2ccccc2F)CC1. The van der Waals surface area contributed by atoms with Crippen LogP contribution in [0.3, 0.4) is 0 Å². The van der Waals surface area contributed by atoms with Gasteiger partial charge in [-0.2, -0.15) is 0 Å². The molecule has 126 valence electrons. The van der Waals surface area contributed by atoms with Crippen molar-refractivity contribution < 1.29 is 14.0 Å². The van der Waals surface area contributed by atoms with Gasteiger partial charge in [0, 0.05) is 24.5 Å². The number of nitrogens with zero attached hydrogens (tertiary/aromatic N) is 1. The summed E-state index contributed by atoms with van der Waals surface area (Å²) < 4.78 is 13.7. The van der Waals surface area contributed by atoms with Gasteiger partial charge in [-0.15, -0.1) is 0 Å². The summed E-state index contributed by atoms with van der Waals surface area (Å²) in [6.07, 6.45) is 2.18. The number of amides is 2. The monoisotopic (exact) mass is 320 g/mol. The van der Waals surface area contributed by atoms with Crippen LogP contribution in [0.25, 0.3) is 0 Å². The normalized spacial score (nSPS) is 16.3. The first-order chi connectivity index (χ1) is 10.8. The van der Waals surface area contributed by atoms with Crippen molar-refractivity contribution in [3.05, 3.63) is 35.6 Å². The summed E-state index contributed by atoms with van der Waals surface area (Å²) >= 11 is 0. The van der Waals surface area contributed by atoms with Crippen molar-refractivity contribution in [1.82, 2.24) is 10.2 Å². The van der Waals surface area contributed by atoms with Crippen molar-refractivity contribution in [1.29, 1.82) is 0 Å². The van der Waals surface area contributed by atoms with Crippen LogP contribution in [-0.4, -0.2) is 35.8 Å². The van der Waals surface area contributed by atoms with E-state index in [9.17, 15) is 14.0 Å². The molecular weight excluding hydrogens is 295 g/mol. The van der Waals surface area contributed by atoms with E-state index in [1.807, 2.05) is 20.8 Å². The largest absolute Gasteiger partial charge is 0.353 e. The molecule has 4 nitrogen and oxygen atoms in total. The zero-order chi connectivity index (χ0) is 17.0. The Labute approximate surface area is 137 Å². The van der Waals surface area contributed by atoms with Crippen LogP contribution in [-0.2, 0) is 4.79 Å². The van der Waals surface area contributed by atoms with Crippen molar-refractivity contribution in [3.63, 3.8) is 0 Å². The van der Waals surface area contributed by atoms with E-state index in [0.29, 0.717) is 25.9 Å². The molecule has 2 amide bonds. The van der Waals surface area contributed by atoms with E-state index < -0.39 is 5.82 Å². The molecule has 0 aromatic heterocycles. The summed E-state index contributed by atoms with van der Waals surface area (Å²) in [6.45, 7) is 6.92. The number of hydrogen-bond acceptors (Lipinski definition) is 2. The highest BCUT2D eigenvalue weighted by Crippen LogP contribution is 2.21. The zero-order valence-corrected chi connectivity index (χ0v) is 14.1. The van der Waals surface area contributed by atoms with Gasteiger partial charge in [-0.3, -0.25) is 9.59 Å². The second-order valence-corrected chi connectivity index (χ2v) is 6.76. The first-order valence-corrected chi connectivity index (χ1v) is 8.20. The van der Waals surface area contributed by atoms with E-state index >= 15 is 0 Å². The third kappa shape index (κ3) is 4.09. The fourth-order valence-electron chi connectivity index (χ4n) is 2.57. The Morgan fingerprint density at radius 2 is 1.87 bits per heavy atom. The number of carbonyl (C=O) groups is 2. The van der Waals surface area contributed by atoms with E-state index in [0.717, 1.165) is 6.42 Å². The Kier molecular flexibility index (Phi) is 5.39. The Hall–Kier alpha value is -1.91. The van der Waals surface area contributed by atoms with Crippen molar-refractivity contribution in [2.75, 3.05) is 13.1 Å². The van der Waals surface area contributed by atoms with E-state index in [1.165, 1.54) is 12.1 Å². The first-order valence-electron chi connectivity index (χ1n) is 8.20. The Balaban J connectivity index is 1.90. The van der Waals surface area contributed by atoms with Crippen LogP contribution in [0.5, 0.6) is 0 Å². The van der Waals surface area contributed by atoms with Crippen LogP contribution in [0.4, 0.5) is 4.39 Å². The van der Waals surface area contributed by atoms with Gasteiger partial charge in [-0.1, -0.05) is 32.9 Å². The van der Waals surface area contributed by atoms with E-state index in [4.69, 9.17) is 0 Å². The molecule has 1 aliphatic heterocycles. The molecule has 0 spiro atoms. The molecule has 2 rings (SSSR count). The van der Waals surface area contributed by atoms with Gasteiger partial charge in [0.15, 0.2) is 0 Å². The molecule has 0 unspecified atom stereocenters. The topological polar surface area (TPSA) is 49.4 Å². The fourth-order valence-corrected chi connectivity index (χ4v) is 2.57. The average Bonchev–Trinajstić information content (AvgIpc) is 2.55. The maximum absolute atomic E-state index is 13.7. The van der Waals surface area contributed by atoms with Crippen LogP contribution in [0.2, 0.25) is 0 Å². The lowest BCUT2D eigenvalue weighted by Crippen LogP contribution is -2.49. The van der Waals surface area contributed by atoms with Crippen LogP contribution in [0, 0.1) is 11.2 Å². The minimum Gasteiger partial charge on any atom is -0.353 e. The molecule has 0 aliphatic carbocycles. The predicted molar refractivity (Wildman–Crippen MR) is 87.5 cm³/mol. The molecule has 1 aromatic carbocycles. The number of benzene rings is 1. The molecule has 1 saturated heterocycles. The molecule has 1 heterocycles. The van der Waals surface area contributed by atoms with Gasteiger partial charge in [0.1, 0.15) is 5.82 Å². The number of nitrogens with one attached hydrogen (secondary N) is 1. The number of rotatable bonds is 4. The molecule has 0 atom stereocenters. The highest BCUT2D eigenvalue weighted by Gasteiger charge is 2.30. The van der Waals surface area contributed by atoms with Gasteiger partial charge in [0.05, 0.1) is 5.56 Å². The molecule has 1 N–H and O–H groups in total. The lowest BCUT2D eigenvalue weighted by atomic mass is 9.88. The van der Waals surface area contributed by atoms with E-state index in [1.54, 1.807) is 17.0 Å². The molecule has 1 fully saturated rings. The van der Waals surface area contributed by atoms with Crippen LogP contribution in [0.1, 0.15) is 50.4 Å². The summed E-state index contributed by atoms with van der Waals surface area (Å²) in [5.41, 5.74) is -0.262. The first kappa shape index (κ1) is 17.4. The quantitative estimate of drug-likeness (QED) is 0.927. The van der Waals surface area contributed by atoms with E-state index in [-0.39, 0.29) is 28.8 Å². The third-order valence-electron chi connectivity index (χ3n) is 4.72. The number of hydrogen-bond donors (Lipinski definition) is 1. The minimum atomic E-state index is -0.488. The predicted octanol–water partition coefficient (Wildman–Crippen LogP) is 2.98. The van der Waals surface area contributed by atoms with Crippen molar-refractivity contribution >= 4 is 11.8 Å². The number of likely N-dealkylation sites (tertiary alicyclic amines) is 1. The Bertz CT molecular complexity index is 578. The highest BCUT2D eigenvalue weighted by molar-refractivity contribution is 5.94. The molecule has 23 heavy (non-hydrogen) atoms. The van der Waals surface area contributed by atoms with Crippen molar-refractivity contribution in [2.24, 2.45) is 5.41 Å². The summed E-state index contributed by atoms with van der Waals surface area (Å²) in [5, 5.41) is 3.07. The molecule has 0 saturated carbocycles. The van der Waals surface area contributed by atoms with E-state index in [2.05, 4.69) is 5.32 Å². The van der Waals surface area contributed by atoms with Crippen LogP contribution >= 0.6 is 0 Å². The van der Waals surface area contributed by atoms with Crippen LogP contribution in [0.15, 0.2) is 24.3 Å². The Morgan fingerprint density at radius 3 is 2.43 bits per heavy atom. The lowest BCUT2D eigenvalue weighted by molar-refractivity contribution is -0.130. The molecule has 1 aliphatic rings. The fraction of sp³-hybridized carbons (Fsp3) is 0.556. The van der Waals surface area contributed by atoms with Crippen molar-refractivity contribution in [3.8, 4) is 0 Å². The Morgan fingerprint density at radius 1 is 1.26 bits per heavy atom. The summed E-state index contributed by atoms with van der Waals surface area (Å²) in [5.74, 6) is -0.710. The average molecular weight is 320 g/mol. The molecule has 1 aromatic rings. The summed E-state index contributed by atoms with van der Waals surface area (Å²) in [4.78, 5) is 26.2. The number of piperidine rings is 1. The second kappa shape index (κ2) is 7.11. The minimum absolute atomic E-state index is 0.0545. The van der Waals surface area contributed by atoms with Crippen molar-refractivity contribution in [2.45, 2.75) is 46.1 Å². The van der Waals surface area contributed by atoms with Gasteiger partial charge in [-0.05, 0) is 31.4 Å². The summed E-state index contributed by atoms with van der Waals surface area (Å²) in [6, 6.07) is 6.12. The zero-order valence-electron chi connectivity index (χ0n) is 14.1. The second-order valence-electron chi connectivity index (χ2n) is 6.76. The van der Waals surface area contributed by atoms with Crippen LogP contribution < -0.4 is 5.32 Å². The molecular formula is C18H25FN2O2. The number of carbonyl (C=O) groups excluding carboxylic acids is 2. The van der Waals surface area contributed by atoms with Gasteiger partial charge >= 0.3 is 0 Å². The summed E-state index contributed by atoms with van der Waals surface area (Å²) in [7, 11) is 0. The highest BCUT2D eigenvalue weighted by atomic mass is 19.1. The van der Waals surface area contributed by atoms with Gasteiger partial charge in [0.25, 0.3) is 5.91 Å². The molecule has 0 radical (unpaired) electrons. The van der Waals surface area contributed by atoms with Gasteiger partial charge in [-0.25, -0.2) is 4.39 Å². The van der Waals surface area contributed by atoms with Gasteiger partial charge < -0.3 is 10.2 Å². The molecule has 0 bridgehead atoms. The smallest absolute Gasteiger partial charge is 0.256 e. The maximum atomic E-state index is 13.7. The molecule has 5 heteroatoms. The number of halogens is 1.